The zero-order valence-electron chi connectivity index (χ0n) is 17.8. The van der Waals surface area contributed by atoms with Crippen LogP contribution in [0, 0.1) is 12.3 Å². The van der Waals surface area contributed by atoms with Gasteiger partial charge in [0.1, 0.15) is 10.6 Å². The molecule has 3 rings (SSSR count). The molecule has 3 aromatic rings. The van der Waals surface area contributed by atoms with Gasteiger partial charge >= 0.3 is 5.97 Å². The van der Waals surface area contributed by atoms with E-state index in [-0.39, 0.29) is 12.5 Å². The largest absolute Gasteiger partial charge is 0.462 e. The number of esters is 1. The zero-order valence-corrected chi connectivity index (χ0v) is 18.6. The lowest BCUT2D eigenvalue weighted by molar-refractivity contribution is -0.123. The van der Waals surface area contributed by atoms with Crippen LogP contribution < -0.4 is 5.32 Å². The molecule has 1 N–H and O–H groups in total. The molecule has 0 unspecified atom stereocenters. The number of anilines is 1. The van der Waals surface area contributed by atoms with Crippen LogP contribution in [-0.4, -0.2) is 18.5 Å². The molecular weight excluding hydrogens is 394 g/mol. The number of carbonyl (C=O) groups excluding carboxylic acids is 2. The molecule has 1 aromatic heterocycles. The van der Waals surface area contributed by atoms with Gasteiger partial charge in [-0.3, -0.25) is 4.79 Å². The van der Waals surface area contributed by atoms with Gasteiger partial charge < -0.3 is 10.1 Å². The maximum Gasteiger partial charge on any atom is 0.341 e. The fourth-order valence-electron chi connectivity index (χ4n) is 3.26. The van der Waals surface area contributed by atoms with E-state index < -0.39 is 11.4 Å². The van der Waals surface area contributed by atoms with Crippen LogP contribution in [-0.2, 0) is 16.0 Å². The third-order valence-electron chi connectivity index (χ3n) is 4.96. The Morgan fingerprint density at radius 1 is 1.03 bits per heavy atom. The molecule has 156 valence electrons. The molecule has 30 heavy (non-hydrogen) atoms. The van der Waals surface area contributed by atoms with E-state index in [1.165, 1.54) is 11.3 Å². The molecule has 2 aromatic carbocycles. The first kappa shape index (κ1) is 21.8. The summed E-state index contributed by atoms with van der Waals surface area (Å²) in [6, 6.07) is 17.9. The number of aryl methyl sites for hydroxylation is 1. The molecule has 0 spiro atoms. The standard InChI is InChI=1S/C25H27NO3S/c1-5-29-23(27)21-20(19-13-11-17(2)12-14-19)16-30-22(21)26-24(28)25(3,4)15-18-9-7-6-8-10-18/h6-14,16H,5,15H2,1-4H3,(H,26,28). The Hall–Kier alpha value is -2.92. The van der Waals surface area contributed by atoms with Crippen molar-refractivity contribution >= 4 is 28.2 Å². The predicted molar refractivity (Wildman–Crippen MR) is 123 cm³/mol. The van der Waals surface area contributed by atoms with Crippen LogP contribution in [0.4, 0.5) is 5.00 Å². The summed E-state index contributed by atoms with van der Waals surface area (Å²) in [7, 11) is 0. The van der Waals surface area contributed by atoms with Gasteiger partial charge in [-0.1, -0.05) is 74.0 Å². The number of thiophene rings is 1. The molecule has 0 aliphatic heterocycles. The minimum Gasteiger partial charge on any atom is -0.462 e. The van der Waals surface area contributed by atoms with E-state index in [9.17, 15) is 9.59 Å². The van der Waals surface area contributed by atoms with E-state index in [0.29, 0.717) is 17.0 Å². The van der Waals surface area contributed by atoms with Crippen molar-refractivity contribution in [1.29, 1.82) is 0 Å². The Labute approximate surface area is 181 Å². The van der Waals surface area contributed by atoms with Crippen LogP contribution in [0.5, 0.6) is 0 Å². The maximum atomic E-state index is 13.1. The highest BCUT2D eigenvalue weighted by Gasteiger charge is 2.30. The number of hydrogen-bond donors (Lipinski definition) is 1. The first-order valence-corrected chi connectivity index (χ1v) is 10.9. The van der Waals surface area contributed by atoms with Crippen LogP contribution >= 0.6 is 11.3 Å². The molecule has 0 bridgehead atoms. The van der Waals surface area contributed by atoms with Gasteiger partial charge in [-0.2, -0.15) is 0 Å². The molecule has 1 heterocycles. The van der Waals surface area contributed by atoms with Crippen molar-refractivity contribution < 1.29 is 14.3 Å². The van der Waals surface area contributed by atoms with Gasteiger partial charge in [-0.25, -0.2) is 4.79 Å². The molecule has 5 heteroatoms. The zero-order chi connectivity index (χ0) is 21.7. The SMILES string of the molecule is CCOC(=O)c1c(-c2ccc(C)cc2)csc1NC(=O)C(C)(C)Cc1ccccc1. The molecule has 0 aliphatic rings. The van der Waals surface area contributed by atoms with Crippen LogP contribution in [0.3, 0.4) is 0 Å². The lowest BCUT2D eigenvalue weighted by Gasteiger charge is -2.23. The van der Waals surface area contributed by atoms with Gasteiger partial charge in [0, 0.05) is 16.4 Å². The van der Waals surface area contributed by atoms with E-state index in [1.54, 1.807) is 6.92 Å². The van der Waals surface area contributed by atoms with Crippen molar-refractivity contribution in [2.45, 2.75) is 34.1 Å². The number of amides is 1. The lowest BCUT2D eigenvalue weighted by atomic mass is 9.85. The fourth-order valence-corrected chi connectivity index (χ4v) is 4.21. The third-order valence-corrected chi connectivity index (χ3v) is 5.86. The van der Waals surface area contributed by atoms with Gasteiger partial charge in [0.25, 0.3) is 0 Å². The van der Waals surface area contributed by atoms with Crippen molar-refractivity contribution in [3.8, 4) is 11.1 Å². The maximum absolute atomic E-state index is 13.1. The number of carbonyl (C=O) groups is 2. The Morgan fingerprint density at radius 2 is 1.70 bits per heavy atom. The topological polar surface area (TPSA) is 55.4 Å². The van der Waals surface area contributed by atoms with Crippen molar-refractivity contribution in [1.82, 2.24) is 0 Å². The van der Waals surface area contributed by atoms with Gasteiger partial charge in [0.2, 0.25) is 5.91 Å². The van der Waals surface area contributed by atoms with E-state index >= 15 is 0 Å². The van der Waals surface area contributed by atoms with Crippen LogP contribution in [0.2, 0.25) is 0 Å². The molecule has 0 atom stereocenters. The number of rotatable bonds is 7. The summed E-state index contributed by atoms with van der Waals surface area (Å²) in [5.41, 5.74) is 3.70. The first-order chi connectivity index (χ1) is 14.3. The third kappa shape index (κ3) is 4.97. The van der Waals surface area contributed by atoms with E-state index in [0.717, 1.165) is 22.3 Å². The van der Waals surface area contributed by atoms with Crippen LogP contribution in [0.1, 0.15) is 42.3 Å². The fraction of sp³-hybridized carbons (Fsp3) is 0.280. The van der Waals surface area contributed by atoms with Crippen molar-refractivity contribution in [2.75, 3.05) is 11.9 Å². The Kier molecular flexibility index (Phi) is 6.73. The number of benzene rings is 2. The first-order valence-electron chi connectivity index (χ1n) is 10.0. The second-order valence-electron chi connectivity index (χ2n) is 7.94. The average molecular weight is 422 g/mol. The van der Waals surface area contributed by atoms with Gasteiger partial charge in [0.15, 0.2) is 0 Å². The summed E-state index contributed by atoms with van der Waals surface area (Å²) in [4.78, 5) is 25.8. The molecule has 0 saturated carbocycles. The number of ether oxygens (including phenoxy) is 1. The highest BCUT2D eigenvalue weighted by molar-refractivity contribution is 7.15. The monoisotopic (exact) mass is 421 g/mol. The Balaban J connectivity index is 1.90. The normalized spacial score (nSPS) is 11.2. The summed E-state index contributed by atoms with van der Waals surface area (Å²) >= 11 is 1.35. The second kappa shape index (κ2) is 9.26. The number of hydrogen-bond acceptors (Lipinski definition) is 4. The summed E-state index contributed by atoms with van der Waals surface area (Å²) in [5, 5.41) is 5.41. The molecule has 4 nitrogen and oxygen atoms in total. The van der Waals surface area contributed by atoms with Gasteiger partial charge in [-0.15, -0.1) is 11.3 Å². The molecule has 1 amide bonds. The Bertz CT molecular complexity index is 1020. The van der Waals surface area contributed by atoms with E-state index in [1.807, 2.05) is 80.7 Å². The average Bonchev–Trinajstić information content (AvgIpc) is 3.12. The highest BCUT2D eigenvalue weighted by Crippen LogP contribution is 2.37. The molecular formula is C25H27NO3S. The summed E-state index contributed by atoms with van der Waals surface area (Å²) in [5.74, 6) is -0.556. The van der Waals surface area contributed by atoms with Crippen LogP contribution in [0.15, 0.2) is 60.0 Å². The minimum atomic E-state index is -0.638. The number of nitrogens with one attached hydrogen (secondary N) is 1. The van der Waals surface area contributed by atoms with Crippen molar-refractivity contribution in [3.63, 3.8) is 0 Å². The lowest BCUT2D eigenvalue weighted by Crippen LogP contribution is -2.33. The molecule has 0 saturated heterocycles. The summed E-state index contributed by atoms with van der Waals surface area (Å²) < 4.78 is 5.29. The van der Waals surface area contributed by atoms with Crippen LogP contribution in [0.25, 0.3) is 11.1 Å². The van der Waals surface area contributed by atoms with E-state index in [4.69, 9.17) is 4.74 Å². The van der Waals surface area contributed by atoms with Gasteiger partial charge in [0.05, 0.1) is 6.61 Å². The van der Waals surface area contributed by atoms with Crippen molar-refractivity contribution in [2.24, 2.45) is 5.41 Å². The second-order valence-corrected chi connectivity index (χ2v) is 8.82. The summed E-state index contributed by atoms with van der Waals surface area (Å²) in [6.45, 7) is 7.89. The Morgan fingerprint density at radius 3 is 2.33 bits per heavy atom. The summed E-state index contributed by atoms with van der Waals surface area (Å²) in [6.07, 6.45) is 0.602. The van der Waals surface area contributed by atoms with E-state index in [2.05, 4.69) is 5.32 Å². The molecule has 0 radical (unpaired) electrons. The quantitative estimate of drug-likeness (QED) is 0.468. The smallest absolute Gasteiger partial charge is 0.341 e. The molecule has 0 aliphatic carbocycles. The predicted octanol–water partition coefficient (Wildman–Crippen LogP) is 6.11. The highest BCUT2D eigenvalue weighted by atomic mass is 32.1. The van der Waals surface area contributed by atoms with Crippen molar-refractivity contribution in [3.05, 3.63) is 76.7 Å². The van der Waals surface area contributed by atoms with Gasteiger partial charge in [-0.05, 0) is 31.4 Å². The molecule has 0 fully saturated rings. The minimum absolute atomic E-state index is 0.130.